The van der Waals surface area contributed by atoms with Crippen LogP contribution >= 0.6 is 11.3 Å². The Kier molecular flexibility index (Phi) is 7.61. The van der Waals surface area contributed by atoms with Gasteiger partial charge in [-0.15, -0.1) is 11.3 Å². The fourth-order valence-corrected chi connectivity index (χ4v) is 3.70. The molecule has 1 unspecified atom stereocenters. The molecule has 4 heteroatoms. The van der Waals surface area contributed by atoms with Gasteiger partial charge in [0.15, 0.2) is 0 Å². The zero-order valence-corrected chi connectivity index (χ0v) is 15.7. The molecule has 0 saturated heterocycles. The van der Waals surface area contributed by atoms with Crippen molar-refractivity contribution in [3.63, 3.8) is 0 Å². The summed E-state index contributed by atoms with van der Waals surface area (Å²) in [6.45, 7) is 4.72. The minimum absolute atomic E-state index is 0.00496. The first kappa shape index (κ1) is 19.1. The van der Waals surface area contributed by atoms with Crippen molar-refractivity contribution in [3.8, 4) is 0 Å². The van der Waals surface area contributed by atoms with Crippen LogP contribution in [0.4, 0.5) is 0 Å². The van der Waals surface area contributed by atoms with Crippen LogP contribution in [0.25, 0.3) is 0 Å². The lowest BCUT2D eigenvalue weighted by atomic mass is 10.0. The number of amides is 1. The maximum absolute atomic E-state index is 12.3. The van der Waals surface area contributed by atoms with Gasteiger partial charge in [0.05, 0.1) is 4.88 Å². The second kappa shape index (κ2) is 9.94. The standard InChI is InChI=1S/C21H26N2OS/c1-3-5-18(6-4-14-22)19-11-12-20(25-19)21(24)23-15-13-17-9-7-16(2)8-10-17/h3,5,7-12,14,18,22H,4,6,13,15H2,1-2H3,(H,23,24)/b5-3-,22-14?. The van der Waals surface area contributed by atoms with Gasteiger partial charge in [-0.3, -0.25) is 4.79 Å². The Labute approximate surface area is 154 Å². The van der Waals surface area contributed by atoms with E-state index in [1.165, 1.54) is 22.2 Å². The van der Waals surface area contributed by atoms with Crippen LogP contribution in [-0.4, -0.2) is 18.7 Å². The van der Waals surface area contributed by atoms with Crippen molar-refractivity contribution in [2.24, 2.45) is 0 Å². The number of carbonyl (C=O) groups is 1. The highest BCUT2D eigenvalue weighted by molar-refractivity contribution is 7.14. The fourth-order valence-electron chi connectivity index (χ4n) is 2.66. The molecular weight excluding hydrogens is 328 g/mol. The molecule has 0 bridgehead atoms. The maximum Gasteiger partial charge on any atom is 0.261 e. The molecule has 0 aliphatic heterocycles. The zero-order valence-electron chi connectivity index (χ0n) is 14.9. The molecule has 0 saturated carbocycles. The van der Waals surface area contributed by atoms with E-state index >= 15 is 0 Å². The van der Waals surface area contributed by atoms with Crippen LogP contribution in [-0.2, 0) is 6.42 Å². The predicted molar refractivity (Wildman–Crippen MR) is 107 cm³/mol. The van der Waals surface area contributed by atoms with Gasteiger partial charge in [-0.05, 0) is 57.0 Å². The molecule has 0 radical (unpaired) electrons. The maximum atomic E-state index is 12.3. The van der Waals surface area contributed by atoms with Crippen molar-refractivity contribution in [2.75, 3.05) is 6.54 Å². The average molecular weight is 355 g/mol. The second-order valence-corrected chi connectivity index (χ2v) is 7.22. The monoisotopic (exact) mass is 354 g/mol. The molecule has 1 atom stereocenters. The molecule has 0 aliphatic carbocycles. The predicted octanol–water partition coefficient (Wildman–Crippen LogP) is 5.12. The molecule has 0 fully saturated rings. The fraction of sp³-hybridized carbons (Fsp3) is 0.333. The van der Waals surface area contributed by atoms with Crippen LogP contribution in [0.3, 0.4) is 0 Å². The molecule has 0 aliphatic rings. The van der Waals surface area contributed by atoms with E-state index in [2.05, 4.69) is 42.6 Å². The summed E-state index contributed by atoms with van der Waals surface area (Å²) in [5.41, 5.74) is 2.48. The van der Waals surface area contributed by atoms with Crippen molar-refractivity contribution < 1.29 is 4.79 Å². The van der Waals surface area contributed by atoms with Crippen LogP contribution in [0.2, 0.25) is 0 Å². The molecular formula is C21H26N2OS. The quantitative estimate of drug-likeness (QED) is 0.477. The lowest BCUT2D eigenvalue weighted by molar-refractivity contribution is 0.0958. The summed E-state index contributed by atoms with van der Waals surface area (Å²) in [6, 6.07) is 12.3. The Morgan fingerprint density at radius 3 is 2.68 bits per heavy atom. The molecule has 2 rings (SSSR count). The molecule has 3 nitrogen and oxygen atoms in total. The number of rotatable bonds is 9. The smallest absolute Gasteiger partial charge is 0.261 e. The van der Waals surface area contributed by atoms with E-state index in [0.717, 1.165) is 24.1 Å². The molecule has 25 heavy (non-hydrogen) atoms. The van der Waals surface area contributed by atoms with Crippen molar-refractivity contribution in [2.45, 2.75) is 39.0 Å². The number of aryl methyl sites for hydroxylation is 1. The van der Waals surface area contributed by atoms with Gasteiger partial charge in [0.25, 0.3) is 5.91 Å². The summed E-state index contributed by atoms with van der Waals surface area (Å²) < 4.78 is 0. The summed E-state index contributed by atoms with van der Waals surface area (Å²) in [7, 11) is 0. The summed E-state index contributed by atoms with van der Waals surface area (Å²) in [6.07, 6.45) is 8.13. The van der Waals surface area contributed by atoms with Gasteiger partial charge in [-0.2, -0.15) is 0 Å². The second-order valence-electron chi connectivity index (χ2n) is 6.11. The van der Waals surface area contributed by atoms with Crippen LogP contribution in [0.1, 0.15) is 51.4 Å². The molecule has 2 N–H and O–H groups in total. The first-order chi connectivity index (χ1) is 12.1. The van der Waals surface area contributed by atoms with Gasteiger partial charge in [0.1, 0.15) is 0 Å². The lowest BCUT2D eigenvalue weighted by Gasteiger charge is -2.08. The van der Waals surface area contributed by atoms with E-state index in [4.69, 9.17) is 5.41 Å². The number of carbonyl (C=O) groups excluding carboxylic acids is 1. The van der Waals surface area contributed by atoms with Crippen LogP contribution in [0.15, 0.2) is 48.6 Å². The number of hydrogen-bond donors (Lipinski definition) is 2. The molecule has 1 aromatic carbocycles. The van der Waals surface area contributed by atoms with Crippen LogP contribution in [0, 0.1) is 12.3 Å². The number of nitrogens with one attached hydrogen (secondary N) is 2. The van der Waals surface area contributed by atoms with Crippen LogP contribution < -0.4 is 5.32 Å². The largest absolute Gasteiger partial charge is 0.351 e. The topological polar surface area (TPSA) is 53.0 Å². The Morgan fingerprint density at radius 1 is 1.24 bits per heavy atom. The molecule has 1 aromatic heterocycles. The molecule has 1 heterocycles. The third-order valence-electron chi connectivity index (χ3n) is 4.08. The Morgan fingerprint density at radius 2 is 2.00 bits per heavy atom. The Bertz CT molecular complexity index is 716. The molecule has 2 aromatic rings. The third-order valence-corrected chi connectivity index (χ3v) is 5.30. The summed E-state index contributed by atoms with van der Waals surface area (Å²) in [4.78, 5) is 14.3. The third kappa shape index (κ3) is 5.98. The Balaban J connectivity index is 1.90. The first-order valence-corrected chi connectivity index (χ1v) is 9.51. The normalized spacial score (nSPS) is 12.2. The summed E-state index contributed by atoms with van der Waals surface area (Å²) >= 11 is 1.55. The highest BCUT2D eigenvalue weighted by atomic mass is 32.1. The van der Waals surface area contributed by atoms with Gasteiger partial charge >= 0.3 is 0 Å². The van der Waals surface area contributed by atoms with Gasteiger partial charge in [-0.1, -0.05) is 42.0 Å². The minimum atomic E-state index is -0.00496. The number of thiophene rings is 1. The Hall–Kier alpha value is -2.20. The number of hydrogen-bond acceptors (Lipinski definition) is 3. The van der Waals surface area contributed by atoms with Gasteiger partial charge in [-0.25, -0.2) is 0 Å². The van der Waals surface area contributed by atoms with E-state index < -0.39 is 0 Å². The summed E-state index contributed by atoms with van der Waals surface area (Å²) in [5.74, 6) is 0.278. The van der Waals surface area contributed by atoms with Gasteiger partial charge in [0, 0.05) is 17.3 Å². The highest BCUT2D eigenvalue weighted by Crippen LogP contribution is 2.29. The molecule has 132 valence electrons. The van der Waals surface area contributed by atoms with Crippen LogP contribution in [0.5, 0.6) is 0 Å². The van der Waals surface area contributed by atoms with Crippen molar-refractivity contribution in [1.29, 1.82) is 5.41 Å². The zero-order chi connectivity index (χ0) is 18.1. The van der Waals surface area contributed by atoms with Gasteiger partial charge < -0.3 is 10.7 Å². The van der Waals surface area contributed by atoms with Crippen molar-refractivity contribution >= 4 is 23.5 Å². The first-order valence-electron chi connectivity index (χ1n) is 8.69. The summed E-state index contributed by atoms with van der Waals surface area (Å²) in [5, 5.41) is 10.2. The van der Waals surface area contributed by atoms with E-state index in [1.807, 2.05) is 25.1 Å². The number of allylic oxidation sites excluding steroid dienone is 2. The van der Waals surface area contributed by atoms with E-state index in [1.54, 1.807) is 11.3 Å². The molecule has 0 spiro atoms. The van der Waals surface area contributed by atoms with Gasteiger partial charge in [0.2, 0.25) is 0 Å². The van der Waals surface area contributed by atoms with Crippen molar-refractivity contribution in [3.05, 3.63) is 69.4 Å². The SMILES string of the molecule is C/C=C\C(CCC=N)c1ccc(C(=O)NCCc2ccc(C)cc2)s1. The van der Waals surface area contributed by atoms with E-state index in [9.17, 15) is 4.79 Å². The minimum Gasteiger partial charge on any atom is -0.351 e. The highest BCUT2D eigenvalue weighted by Gasteiger charge is 2.14. The van der Waals surface area contributed by atoms with E-state index in [0.29, 0.717) is 6.54 Å². The molecule has 1 amide bonds. The van der Waals surface area contributed by atoms with Crippen molar-refractivity contribution in [1.82, 2.24) is 5.32 Å². The van der Waals surface area contributed by atoms with E-state index in [-0.39, 0.29) is 11.8 Å². The average Bonchev–Trinajstić information content (AvgIpc) is 3.10. The lowest BCUT2D eigenvalue weighted by Crippen LogP contribution is -2.24. The number of benzene rings is 1.